The summed E-state index contributed by atoms with van der Waals surface area (Å²) in [6.07, 6.45) is 0. The van der Waals surface area contributed by atoms with Crippen molar-refractivity contribution in [1.29, 1.82) is 0 Å². The van der Waals surface area contributed by atoms with Crippen molar-refractivity contribution in [2.75, 3.05) is 0 Å². The van der Waals surface area contributed by atoms with Gasteiger partial charge in [0.15, 0.2) is 0 Å². The molecule has 26 valence electrons. The minimum atomic E-state index is 0. The summed E-state index contributed by atoms with van der Waals surface area (Å²) in [6, 6.07) is 0. The van der Waals surface area contributed by atoms with E-state index in [1.54, 1.807) is 15.9 Å². The first-order valence-electron chi connectivity index (χ1n) is 0.154. The van der Waals surface area contributed by atoms with E-state index in [-0.39, 0.29) is 28.5 Å². The summed E-state index contributed by atoms with van der Waals surface area (Å²) in [5.74, 6) is 0. The molecule has 0 aromatic heterocycles. The van der Waals surface area contributed by atoms with Crippen LogP contribution in [0.4, 0.5) is 0 Å². The third-order valence-electron chi connectivity index (χ3n) is 0. The van der Waals surface area contributed by atoms with Gasteiger partial charge in [-0.05, 0) is 0 Å². The van der Waals surface area contributed by atoms with Crippen molar-refractivity contribution in [3.63, 3.8) is 0 Å². The van der Waals surface area contributed by atoms with Crippen LogP contribution in [0.1, 0.15) is 0 Å². The fraction of sp³-hybridized carbons (Fsp3) is 0. The molecule has 4 heteroatoms. The SMILES string of the molecule is P.[O]=[Mn].[V]. The van der Waals surface area contributed by atoms with E-state index in [1.807, 2.05) is 0 Å². The van der Waals surface area contributed by atoms with Gasteiger partial charge in [0.05, 0.1) is 0 Å². The van der Waals surface area contributed by atoms with E-state index >= 15 is 0 Å². The number of hydrogen-bond acceptors (Lipinski definition) is 1. The van der Waals surface area contributed by atoms with Crippen LogP contribution in [0.5, 0.6) is 0 Å². The third-order valence-corrected chi connectivity index (χ3v) is 0. The van der Waals surface area contributed by atoms with Gasteiger partial charge in [-0.1, -0.05) is 0 Å². The zero-order valence-corrected chi connectivity index (χ0v) is 5.93. The molecule has 0 aromatic carbocycles. The van der Waals surface area contributed by atoms with E-state index in [4.69, 9.17) is 3.83 Å². The third kappa shape index (κ3) is 10.2. The maximum atomic E-state index is 8.06. The Morgan fingerprint density at radius 2 is 1.25 bits per heavy atom. The Labute approximate surface area is 48.4 Å². The van der Waals surface area contributed by atoms with E-state index in [2.05, 4.69) is 0 Å². The van der Waals surface area contributed by atoms with Crippen molar-refractivity contribution < 1.29 is 38.3 Å². The fourth-order valence-electron chi connectivity index (χ4n) is 0. The molecule has 1 unspecified atom stereocenters. The number of hydrogen-bond donors (Lipinski definition) is 0. The Morgan fingerprint density at radius 3 is 1.25 bits per heavy atom. The first-order chi connectivity index (χ1) is 1.00. The van der Waals surface area contributed by atoms with Gasteiger partial charge in [0.25, 0.3) is 0 Å². The topological polar surface area (TPSA) is 17.1 Å². The molecular weight excluding hydrogens is 153 g/mol. The van der Waals surface area contributed by atoms with E-state index in [0.29, 0.717) is 0 Å². The van der Waals surface area contributed by atoms with Crippen molar-refractivity contribution in [1.82, 2.24) is 0 Å². The molecule has 0 fully saturated rings. The minimum Gasteiger partial charge on any atom is 0 e. The Hall–Kier alpha value is 1.33. The molecule has 1 radical (unpaired) electrons. The van der Waals surface area contributed by atoms with Crippen molar-refractivity contribution in [2.45, 2.75) is 0 Å². The minimum absolute atomic E-state index is 0. The molecule has 0 N–H and O–H groups in total. The molecule has 0 spiro atoms. The second-order valence-electron chi connectivity index (χ2n) is 0. The molecule has 0 aromatic rings. The van der Waals surface area contributed by atoms with Crippen LogP contribution >= 0.6 is 9.90 Å². The molecule has 4 heavy (non-hydrogen) atoms. The Bertz CT molecular complexity index is 8.00. The van der Waals surface area contributed by atoms with Gasteiger partial charge in [-0.3, -0.25) is 0 Å². The molecule has 1 atom stereocenters. The molecule has 0 rings (SSSR count). The standard InChI is InChI=1S/Mn.O.H3P.V/h;;1H3;. The average Bonchev–Trinajstić information content (AvgIpc) is 1.00. The molecule has 0 heterocycles. The Morgan fingerprint density at radius 1 is 1.25 bits per heavy atom. The molecule has 0 bridgehead atoms. The summed E-state index contributed by atoms with van der Waals surface area (Å²) in [5, 5.41) is 0. The maximum Gasteiger partial charge on any atom is 0 e. The van der Waals surface area contributed by atoms with Gasteiger partial charge in [0.1, 0.15) is 0 Å². The average molecular weight is 156 g/mol. The van der Waals surface area contributed by atoms with Crippen molar-refractivity contribution >= 4 is 9.90 Å². The molecule has 0 saturated carbocycles. The monoisotopic (exact) mass is 156 g/mol. The van der Waals surface area contributed by atoms with Crippen LogP contribution < -0.4 is 0 Å². The predicted molar refractivity (Wildman–Crippen MR) is 11.8 cm³/mol. The smallest absolute Gasteiger partial charge is 0 e. The van der Waals surface area contributed by atoms with E-state index in [9.17, 15) is 0 Å². The summed E-state index contributed by atoms with van der Waals surface area (Å²) in [7, 11) is 0. The van der Waals surface area contributed by atoms with Crippen LogP contribution in [0.3, 0.4) is 0 Å². The van der Waals surface area contributed by atoms with Crippen LogP contribution in [0, 0.1) is 0 Å². The summed E-state index contributed by atoms with van der Waals surface area (Å²) in [4.78, 5) is 0. The zero-order valence-electron chi connectivity index (χ0n) is 1.94. The van der Waals surface area contributed by atoms with Crippen LogP contribution in [-0.2, 0) is 38.3 Å². The Balaban J connectivity index is -0.00000000500. The Kier molecular flexibility index (Phi) is 124. The maximum absolute atomic E-state index is 8.06. The molecule has 0 aliphatic rings. The molecule has 0 aliphatic heterocycles. The van der Waals surface area contributed by atoms with Crippen LogP contribution in [0.2, 0.25) is 0 Å². The first-order valence-corrected chi connectivity index (χ1v) is 0.636. The first kappa shape index (κ1) is 18.4. The normalized spacial score (nSPS) is 1.00. The molecule has 0 saturated heterocycles. The molecular formula is H3MnOPV. The van der Waals surface area contributed by atoms with E-state index in [0.717, 1.165) is 0 Å². The second kappa shape index (κ2) is 27.1. The summed E-state index contributed by atoms with van der Waals surface area (Å²) >= 11 is 1.69. The summed E-state index contributed by atoms with van der Waals surface area (Å²) < 4.78 is 8.06. The number of rotatable bonds is 0. The largest absolute Gasteiger partial charge is 0 e. The fourth-order valence-corrected chi connectivity index (χ4v) is 0. The van der Waals surface area contributed by atoms with Gasteiger partial charge in [-0.25, -0.2) is 0 Å². The summed E-state index contributed by atoms with van der Waals surface area (Å²) in [5.41, 5.74) is 0. The van der Waals surface area contributed by atoms with Gasteiger partial charge in [-0.15, -0.1) is 0 Å². The molecule has 0 aliphatic carbocycles. The molecule has 1 nitrogen and oxygen atoms in total. The van der Waals surface area contributed by atoms with E-state index < -0.39 is 0 Å². The van der Waals surface area contributed by atoms with Gasteiger partial charge < -0.3 is 0 Å². The van der Waals surface area contributed by atoms with E-state index in [1.165, 1.54) is 0 Å². The van der Waals surface area contributed by atoms with Crippen molar-refractivity contribution in [3.05, 3.63) is 0 Å². The summed E-state index contributed by atoms with van der Waals surface area (Å²) in [6.45, 7) is 0. The van der Waals surface area contributed by atoms with Crippen molar-refractivity contribution in [2.24, 2.45) is 0 Å². The quantitative estimate of drug-likeness (QED) is 0.354. The van der Waals surface area contributed by atoms with Crippen LogP contribution in [-0.4, -0.2) is 0 Å². The van der Waals surface area contributed by atoms with Gasteiger partial charge in [0, 0.05) is 18.6 Å². The molecule has 0 amide bonds. The zero-order chi connectivity index (χ0) is 2.00. The predicted octanol–water partition coefficient (Wildman–Crippen LogP) is -0.0657. The van der Waals surface area contributed by atoms with Crippen LogP contribution in [0.15, 0.2) is 0 Å². The van der Waals surface area contributed by atoms with Crippen molar-refractivity contribution in [3.8, 4) is 0 Å². The van der Waals surface area contributed by atoms with Crippen LogP contribution in [0.25, 0.3) is 0 Å². The van der Waals surface area contributed by atoms with Gasteiger partial charge in [0.2, 0.25) is 0 Å². The van der Waals surface area contributed by atoms with Gasteiger partial charge >= 0.3 is 19.8 Å². The second-order valence-corrected chi connectivity index (χ2v) is 0. The van der Waals surface area contributed by atoms with Gasteiger partial charge in [-0.2, -0.15) is 9.90 Å².